The summed E-state index contributed by atoms with van der Waals surface area (Å²) < 4.78 is 0. The normalized spacial score (nSPS) is 13.8. The van der Waals surface area contributed by atoms with Crippen molar-refractivity contribution in [1.29, 1.82) is 0 Å². The molecule has 0 heterocycles. The van der Waals surface area contributed by atoms with E-state index < -0.39 is 11.3 Å². The Hall–Kier alpha value is -1.10. The fraction of sp³-hybridized carbons (Fsp3) is 0.400. The second-order valence-corrected chi connectivity index (χ2v) is 2.03. The molecule has 1 atom stereocenters. The maximum absolute atomic E-state index is 10.5. The van der Waals surface area contributed by atoms with Crippen LogP contribution in [0.2, 0.25) is 0 Å². The van der Waals surface area contributed by atoms with Crippen LogP contribution in [0, 0.1) is 0 Å². The lowest BCUT2D eigenvalue weighted by atomic mass is 10.3. The van der Waals surface area contributed by atoms with E-state index in [2.05, 4.69) is 9.99 Å². The molecule has 0 spiro atoms. The van der Waals surface area contributed by atoms with Gasteiger partial charge in [0.05, 0.1) is 0 Å². The van der Waals surface area contributed by atoms with Crippen LogP contribution < -0.4 is 5.73 Å². The van der Waals surface area contributed by atoms with Crippen molar-refractivity contribution in [3.05, 3.63) is 0 Å². The average molecular weight is 179 g/mol. The molecule has 0 radical (unpaired) electrons. The van der Waals surface area contributed by atoms with E-state index in [1.165, 1.54) is 7.11 Å². The smallest absolute Gasteiger partial charge is 0.268 e. The van der Waals surface area contributed by atoms with E-state index in [1.54, 1.807) is 0 Å². The zero-order valence-electron chi connectivity index (χ0n) is 5.78. The number of nitrogens with two attached hydrogens (primary N) is 1. The molecular weight excluding hydrogens is 172 g/mol. The predicted molar refractivity (Wildman–Crippen MR) is 39.3 cm³/mol. The first-order chi connectivity index (χ1) is 5.13. The number of carbonyl (C=O) groups is 2. The van der Waals surface area contributed by atoms with Crippen LogP contribution in [-0.2, 0) is 14.4 Å². The van der Waals surface area contributed by atoms with Gasteiger partial charge >= 0.3 is 0 Å². The highest BCUT2D eigenvalue weighted by atomic mass is 35.5. The van der Waals surface area contributed by atoms with Gasteiger partial charge in [-0.25, -0.2) is 0 Å². The Kier molecular flexibility index (Phi) is 4.21. The Balaban J connectivity index is 4.46. The highest BCUT2D eigenvalue weighted by molar-refractivity contribution is 6.55. The Morgan fingerprint density at radius 2 is 2.36 bits per heavy atom. The molecule has 0 aliphatic heterocycles. The molecule has 1 amide bonds. The van der Waals surface area contributed by atoms with E-state index in [0.29, 0.717) is 6.29 Å². The van der Waals surface area contributed by atoms with Gasteiger partial charge in [-0.15, -0.1) is 11.6 Å². The zero-order chi connectivity index (χ0) is 8.85. The van der Waals surface area contributed by atoms with Gasteiger partial charge in [-0.3, -0.25) is 4.79 Å². The lowest BCUT2D eigenvalue weighted by Crippen LogP contribution is -2.32. The maximum atomic E-state index is 10.5. The molecule has 0 aromatic heterocycles. The number of hydrogen-bond acceptors (Lipinski definition) is 4. The molecule has 1 unspecified atom stereocenters. The van der Waals surface area contributed by atoms with E-state index in [1.807, 2.05) is 0 Å². The third-order valence-corrected chi connectivity index (χ3v) is 1.13. The Bertz CT molecular complexity index is 192. The zero-order valence-corrected chi connectivity index (χ0v) is 6.54. The van der Waals surface area contributed by atoms with Gasteiger partial charge in [-0.05, 0) is 0 Å². The van der Waals surface area contributed by atoms with Crippen LogP contribution >= 0.6 is 11.6 Å². The van der Waals surface area contributed by atoms with Gasteiger partial charge in [0.2, 0.25) is 0 Å². The second kappa shape index (κ2) is 4.68. The van der Waals surface area contributed by atoms with Crippen LogP contribution in [0.5, 0.6) is 0 Å². The minimum Gasteiger partial charge on any atom is -0.399 e. The summed E-state index contributed by atoms with van der Waals surface area (Å²) >= 11 is 5.33. The number of primary amides is 1. The largest absolute Gasteiger partial charge is 0.399 e. The first-order valence-electron chi connectivity index (χ1n) is 2.63. The third kappa shape index (κ3) is 2.99. The molecule has 62 valence electrons. The van der Waals surface area contributed by atoms with Crippen molar-refractivity contribution in [3.63, 3.8) is 0 Å². The first kappa shape index (κ1) is 9.90. The number of alkyl halides is 1. The highest BCUT2D eigenvalue weighted by Crippen LogP contribution is 1.95. The number of nitrogens with zero attached hydrogens (tertiary/aromatic N) is 1. The van der Waals surface area contributed by atoms with Crippen molar-refractivity contribution in [3.8, 4) is 0 Å². The molecular formula is C5H7ClN2O3. The fourth-order valence-electron chi connectivity index (χ4n) is 0.394. The van der Waals surface area contributed by atoms with Crippen molar-refractivity contribution in [2.75, 3.05) is 7.11 Å². The highest BCUT2D eigenvalue weighted by Gasteiger charge is 2.18. The molecule has 0 fully saturated rings. The van der Waals surface area contributed by atoms with Crippen molar-refractivity contribution in [1.82, 2.24) is 0 Å². The van der Waals surface area contributed by atoms with Crippen LogP contribution in [0.15, 0.2) is 5.16 Å². The third-order valence-electron chi connectivity index (χ3n) is 0.823. The van der Waals surface area contributed by atoms with Crippen molar-refractivity contribution in [2.45, 2.75) is 5.38 Å². The molecule has 0 aliphatic carbocycles. The standard InChI is InChI=1S/C5H7ClN2O3/c1-11-8-4(5(7)10)3(6)2-9/h2-3H,1H3,(H2,7,10). The molecule has 0 aromatic rings. The Labute approximate surface area is 68.1 Å². The summed E-state index contributed by atoms with van der Waals surface area (Å²) in [6, 6.07) is 0. The predicted octanol–water partition coefficient (Wildman–Crippen LogP) is -0.720. The number of hydrogen-bond donors (Lipinski definition) is 1. The number of rotatable bonds is 4. The summed E-state index contributed by atoms with van der Waals surface area (Å²) in [7, 11) is 1.22. The van der Waals surface area contributed by atoms with Gasteiger partial charge < -0.3 is 15.4 Å². The summed E-state index contributed by atoms with van der Waals surface area (Å²) in [5.41, 5.74) is 4.50. The topological polar surface area (TPSA) is 81.8 Å². The fourth-order valence-corrected chi connectivity index (χ4v) is 0.541. The summed E-state index contributed by atoms with van der Waals surface area (Å²) in [4.78, 5) is 24.7. The van der Waals surface area contributed by atoms with E-state index in [4.69, 9.17) is 17.3 Å². The van der Waals surface area contributed by atoms with Crippen LogP contribution in [-0.4, -0.2) is 30.4 Å². The molecule has 0 aromatic carbocycles. The van der Waals surface area contributed by atoms with Crippen LogP contribution in [0.1, 0.15) is 0 Å². The monoisotopic (exact) mass is 178 g/mol. The molecule has 5 nitrogen and oxygen atoms in total. The van der Waals surface area contributed by atoms with Crippen LogP contribution in [0.4, 0.5) is 0 Å². The number of amides is 1. The lowest BCUT2D eigenvalue weighted by molar-refractivity contribution is -0.113. The number of oxime groups is 1. The van der Waals surface area contributed by atoms with Crippen LogP contribution in [0.25, 0.3) is 0 Å². The summed E-state index contributed by atoms with van der Waals surface area (Å²) in [5, 5.41) is 2.03. The number of aldehydes is 1. The summed E-state index contributed by atoms with van der Waals surface area (Å²) in [5.74, 6) is -0.876. The van der Waals surface area contributed by atoms with Gasteiger partial charge in [0.1, 0.15) is 18.8 Å². The van der Waals surface area contributed by atoms with Gasteiger partial charge in [0.25, 0.3) is 5.91 Å². The van der Waals surface area contributed by atoms with E-state index >= 15 is 0 Å². The molecule has 0 rings (SSSR count). The van der Waals surface area contributed by atoms with E-state index in [9.17, 15) is 9.59 Å². The minimum atomic E-state index is -1.15. The van der Waals surface area contributed by atoms with Crippen molar-refractivity contribution < 1.29 is 14.4 Å². The molecule has 0 saturated carbocycles. The Morgan fingerprint density at radius 1 is 1.82 bits per heavy atom. The quantitative estimate of drug-likeness (QED) is 0.267. The first-order valence-corrected chi connectivity index (χ1v) is 3.07. The molecule has 11 heavy (non-hydrogen) atoms. The molecule has 2 N–H and O–H groups in total. The average Bonchev–Trinajstić information content (AvgIpc) is 1.98. The Morgan fingerprint density at radius 3 is 2.64 bits per heavy atom. The molecule has 0 saturated heterocycles. The van der Waals surface area contributed by atoms with Gasteiger partial charge in [-0.1, -0.05) is 5.16 Å². The molecule has 0 bridgehead atoms. The summed E-state index contributed by atoms with van der Waals surface area (Å²) in [6.07, 6.45) is 0.337. The van der Waals surface area contributed by atoms with Crippen LogP contribution in [0.3, 0.4) is 0 Å². The lowest BCUT2D eigenvalue weighted by Gasteiger charge is -1.99. The minimum absolute atomic E-state index is 0.302. The number of halogens is 1. The van der Waals surface area contributed by atoms with Gasteiger partial charge in [0.15, 0.2) is 5.71 Å². The summed E-state index contributed by atoms with van der Waals surface area (Å²) in [6.45, 7) is 0. The van der Waals surface area contributed by atoms with E-state index in [-0.39, 0.29) is 5.71 Å². The maximum Gasteiger partial charge on any atom is 0.268 e. The van der Waals surface area contributed by atoms with Crippen molar-refractivity contribution >= 4 is 29.5 Å². The second-order valence-electron chi connectivity index (χ2n) is 1.56. The number of carbonyl (C=O) groups excluding carboxylic acids is 2. The van der Waals surface area contributed by atoms with E-state index in [0.717, 1.165) is 0 Å². The SMILES string of the molecule is CON=C(C(N)=O)C(Cl)C=O. The van der Waals surface area contributed by atoms with Gasteiger partial charge in [0, 0.05) is 0 Å². The van der Waals surface area contributed by atoms with Gasteiger partial charge in [-0.2, -0.15) is 0 Å². The molecule has 6 heteroatoms. The van der Waals surface area contributed by atoms with Crippen molar-refractivity contribution in [2.24, 2.45) is 10.9 Å². The molecule has 0 aliphatic rings.